The summed E-state index contributed by atoms with van der Waals surface area (Å²) in [6.07, 6.45) is -4.64. The van der Waals surface area contributed by atoms with Crippen molar-refractivity contribution in [2.75, 3.05) is 11.1 Å². The van der Waals surface area contributed by atoms with Gasteiger partial charge in [-0.2, -0.15) is 13.2 Å². The van der Waals surface area contributed by atoms with Gasteiger partial charge in [0, 0.05) is 5.69 Å². The van der Waals surface area contributed by atoms with Crippen LogP contribution in [0.1, 0.15) is 15.9 Å². The van der Waals surface area contributed by atoms with Gasteiger partial charge in [0.15, 0.2) is 0 Å². The Kier molecular flexibility index (Phi) is 3.84. The quantitative estimate of drug-likeness (QED) is 0.656. The number of halogens is 4. The van der Waals surface area contributed by atoms with E-state index in [4.69, 9.17) is 5.73 Å². The predicted octanol–water partition coefficient (Wildman–Crippen LogP) is 3.68. The molecule has 0 unspecified atom stereocenters. The fourth-order valence-electron chi connectivity index (χ4n) is 1.74. The van der Waals surface area contributed by atoms with E-state index in [1.165, 1.54) is 18.2 Å². The number of amides is 1. The molecule has 2 aromatic rings. The van der Waals surface area contributed by atoms with E-state index >= 15 is 0 Å². The van der Waals surface area contributed by atoms with Gasteiger partial charge in [-0.3, -0.25) is 4.79 Å². The summed E-state index contributed by atoms with van der Waals surface area (Å²) in [4.78, 5) is 11.9. The van der Waals surface area contributed by atoms with Crippen molar-refractivity contribution in [1.82, 2.24) is 0 Å². The molecular weight excluding hydrogens is 288 g/mol. The Morgan fingerprint density at radius 1 is 1.05 bits per heavy atom. The van der Waals surface area contributed by atoms with Gasteiger partial charge in [0.1, 0.15) is 5.82 Å². The fraction of sp³-hybridized carbons (Fsp3) is 0.0714. The Morgan fingerprint density at radius 2 is 1.67 bits per heavy atom. The van der Waals surface area contributed by atoms with E-state index in [1.54, 1.807) is 0 Å². The zero-order valence-electron chi connectivity index (χ0n) is 10.5. The second kappa shape index (κ2) is 5.43. The summed E-state index contributed by atoms with van der Waals surface area (Å²) in [7, 11) is 0. The summed E-state index contributed by atoms with van der Waals surface area (Å²) >= 11 is 0. The van der Waals surface area contributed by atoms with Crippen LogP contribution in [0.5, 0.6) is 0 Å². The molecule has 0 aliphatic carbocycles. The third kappa shape index (κ3) is 3.31. The summed E-state index contributed by atoms with van der Waals surface area (Å²) in [6, 6.07) is 7.89. The van der Waals surface area contributed by atoms with Crippen LogP contribution in [0, 0.1) is 5.82 Å². The number of nitrogen functional groups attached to an aromatic ring is 1. The lowest BCUT2D eigenvalue weighted by Crippen LogP contribution is -2.17. The van der Waals surface area contributed by atoms with Crippen molar-refractivity contribution in [3.63, 3.8) is 0 Å². The van der Waals surface area contributed by atoms with Crippen molar-refractivity contribution in [3.8, 4) is 0 Å². The third-order valence-corrected chi connectivity index (χ3v) is 2.76. The molecule has 0 saturated heterocycles. The molecule has 0 aliphatic heterocycles. The standard InChI is InChI=1S/C14H10F4N2O/c15-8-4-6-9(7-5-8)20-13(21)10-2-1-3-11(12(10)19)14(16,17)18/h1-7H,19H2,(H,20,21). The lowest BCUT2D eigenvalue weighted by molar-refractivity contribution is -0.136. The van der Waals surface area contributed by atoms with Crippen molar-refractivity contribution in [2.45, 2.75) is 6.18 Å². The number of carbonyl (C=O) groups is 1. The van der Waals surface area contributed by atoms with Crippen LogP contribution < -0.4 is 11.1 Å². The third-order valence-electron chi connectivity index (χ3n) is 2.76. The van der Waals surface area contributed by atoms with Gasteiger partial charge in [-0.1, -0.05) is 6.07 Å². The maximum atomic E-state index is 12.7. The highest BCUT2D eigenvalue weighted by atomic mass is 19.4. The zero-order chi connectivity index (χ0) is 15.6. The van der Waals surface area contributed by atoms with E-state index in [0.717, 1.165) is 24.3 Å². The molecule has 0 saturated carbocycles. The molecule has 0 aliphatic rings. The number of nitrogens with one attached hydrogen (secondary N) is 1. The van der Waals surface area contributed by atoms with E-state index < -0.39 is 29.2 Å². The van der Waals surface area contributed by atoms with E-state index in [9.17, 15) is 22.4 Å². The normalized spacial score (nSPS) is 11.2. The van der Waals surface area contributed by atoms with Crippen LogP contribution in [0.25, 0.3) is 0 Å². The van der Waals surface area contributed by atoms with Crippen LogP contribution in [0.2, 0.25) is 0 Å². The van der Waals surface area contributed by atoms with Crippen molar-refractivity contribution in [1.29, 1.82) is 0 Å². The van der Waals surface area contributed by atoms with E-state index in [0.29, 0.717) is 0 Å². The maximum absolute atomic E-state index is 12.7. The van der Waals surface area contributed by atoms with Gasteiger partial charge in [0.05, 0.1) is 16.8 Å². The second-order valence-electron chi connectivity index (χ2n) is 4.23. The van der Waals surface area contributed by atoms with E-state index in [2.05, 4.69) is 5.32 Å². The molecule has 0 spiro atoms. The molecule has 21 heavy (non-hydrogen) atoms. The summed E-state index contributed by atoms with van der Waals surface area (Å²) in [5.74, 6) is -1.29. The number of hydrogen-bond donors (Lipinski definition) is 2. The Morgan fingerprint density at radius 3 is 2.24 bits per heavy atom. The van der Waals surface area contributed by atoms with Crippen molar-refractivity contribution >= 4 is 17.3 Å². The molecule has 1 amide bonds. The summed E-state index contributed by atoms with van der Waals surface area (Å²) in [6.45, 7) is 0. The van der Waals surface area contributed by atoms with Crippen LogP contribution in [0.3, 0.4) is 0 Å². The molecule has 0 atom stereocenters. The number of nitrogens with two attached hydrogens (primary N) is 1. The molecular formula is C14H10F4N2O. The molecule has 0 aromatic heterocycles. The van der Waals surface area contributed by atoms with Gasteiger partial charge in [0.25, 0.3) is 5.91 Å². The molecule has 2 aromatic carbocycles. The monoisotopic (exact) mass is 298 g/mol. The minimum absolute atomic E-state index is 0.248. The molecule has 7 heteroatoms. The molecule has 2 rings (SSSR count). The zero-order valence-corrected chi connectivity index (χ0v) is 10.5. The highest BCUT2D eigenvalue weighted by Crippen LogP contribution is 2.35. The minimum atomic E-state index is -4.64. The van der Waals surface area contributed by atoms with Crippen molar-refractivity contribution in [2.24, 2.45) is 0 Å². The largest absolute Gasteiger partial charge is 0.418 e. The number of carbonyl (C=O) groups excluding carboxylic acids is 1. The smallest absolute Gasteiger partial charge is 0.398 e. The summed E-state index contributed by atoms with van der Waals surface area (Å²) in [5, 5.41) is 2.35. The first-order valence-electron chi connectivity index (χ1n) is 5.81. The molecule has 3 nitrogen and oxygen atoms in total. The van der Waals surface area contributed by atoms with Crippen LogP contribution in [0.4, 0.5) is 28.9 Å². The van der Waals surface area contributed by atoms with Crippen LogP contribution in [-0.4, -0.2) is 5.91 Å². The molecule has 0 radical (unpaired) electrons. The van der Waals surface area contributed by atoms with Crippen LogP contribution in [0.15, 0.2) is 42.5 Å². The number of alkyl halides is 3. The lowest BCUT2D eigenvalue weighted by Gasteiger charge is -2.13. The van der Waals surface area contributed by atoms with Crippen LogP contribution in [-0.2, 0) is 6.18 Å². The van der Waals surface area contributed by atoms with Crippen molar-refractivity contribution < 1.29 is 22.4 Å². The van der Waals surface area contributed by atoms with E-state index in [-0.39, 0.29) is 11.3 Å². The average Bonchev–Trinajstić information content (AvgIpc) is 2.40. The molecule has 0 fully saturated rings. The Bertz CT molecular complexity index is 666. The van der Waals surface area contributed by atoms with Gasteiger partial charge >= 0.3 is 6.18 Å². The topological polar surface area (TPSA) is 55.1 Å². The number of hydrogen-bond acceptors (Lipinski definition) is 2. The number of anilines is 2. The predicted molar refractivity (Wildman–Crippen MR) is 70.2 cm³/mol. The minimum Gasteiger partial charge on any atom is -0.398 e. The van der Waals surface area contributed by atoms with Gasteiger partial charge in [-0.15, -0.1) is 0 Å². The highest BCUT2D eigenvalue weighted by Gasteiger charge is 2.34. The molecule has 0 heterocycles. The maximum Gasteiger partial charge on any atom is 0.418 e. The first-order chi connectivity index (χ1) is 9.79. The second-order valence-corrected chi connectivity index (χ2v) is 4.23. The Hall–Kier alpha value is -2.57. The Labute approximate surface area is 117 Å². The molecule has 0 bridgehead atoms. The first-order valence-corrected chi connectivity index (χ1v) is 5.81. The number of benzene rings is 2. The number of rotatable bonds is 2. The lowest BCUT2D eigenvalue weighted by atomic mass is 10.1. The highest BCUT2D eigenvalue weighted by molar-refractivity contribution is 6.08. The van der Waals surface area contributed by atoms with Gasteiger partial charge < -0.3 is 11.1 Å². The Balaban J connectivity index is 2.30. The SMILES string of the molecule is Nc1c(C(=O)Nc2ccc(F)cc2)cccc1C(F)(F)F. The van der Waals surface area contributed by atoms with Crippen LogP contribution >= 0.6 is 0 Å². The van der Waals surface area contributed by atoms with Crippen molar-refractivity contribution in [3.05, 3.63) is 59.4 Å². The average molecular weight is 298 g/mol. The first kappa shape index (κ1) is 14.8. The van der Waals surface area contributed by atoms with Gasteiger partial charge in [-0.05, 0) is 36.4 Å². The summed E-state index contributed by atoms with van der Waals surface area (Å²) < 4.78 is 50.9. The molecule has 3 N–H and O–H groups in total. The van der Waals surface area contributed by atoms with E-state index in [1.807, 2.05) is 0 Å². The number of para-hydroxylation sites is 1. The van der Waals surface area contributed by atoms with Gasteiger partial charge in [-0.25, -0.2) is 4.39 Å². The van der Waals surface area contributed by atoms with Gasteiger partial charge in [0.2, 0.25) is 0 Å². The fourth-order valence-corrected chi connectivity index (χ4v) is 1.74. The molecule has 110 valence electrons. The summed E-state index contributed by atoms with van der Waals surface area (Å²) in [5.41, 5.74) is 3.64.